The predicted octanol–water partition coefficient (Wildman–Crippen LogP) is 3.31. The second kappa shape index (κ2) is 9.05. The van der Waals surface area contributed by atoms with Gasteiger partial charge in [-0.3, -0.25) is 14.9 Å². The van der Waals surface area contributed by atoms with E-state index >= 15 is 0 Å². The van der Waals surface area contributed by atoms with Crippen LogP contribution in [-0.4, -0.2) is 23.4 Å². The molecule has 0 heterocycles. The number of nitrogens with two attached hydrogens (primary N) is 1. The zero-order valence-electron chi connectivity index (χ0n) is 12.7. The summed E-state index contributed by atoms with van der Waals surface area (Å²) >= 11 is 5.98. The molecule has 0 aromatic heterocycles. The van der Waals surface area contributed by atoms with Crippen LogP contribution in [0.5, 0.6) is 0 Å². The van der Waals surface area contributed by atoms with Gasteiger partial charge in [0, 0.05) is 24.7 Å². The molecule has 6 nitrogen and oxygen atoms in total. The Labute approximate surface area is 146 Å². The lowest BCUT2D eigenvalue weighted by atomic mass is 9.84. The summed E-state index contributed by atoms with van der Waals surface area (Å²) in [6, 6.07) is 3.76. The number of rotatable bonds is 5. The summed E-state index contributed by atoms with van der Waals surface area (Å²) < 4.78 is 0. The van der Waals surface area contributed by atoms with Crippen molar-refractivity contribution in [3.63, 3.8) is 0 Å². The van der Waals surface area contributed by atoms with E-state index < -0.39 is 4.92 Å². The van der Waals surface area contributed by atoms with Crippen molar-refractivity contribution in [2.24, 2.45) is 11.7 Å². The zero-order valence-corrected chi connectivity index (χ0v) is 14.2. The van der Waals surface area contributed by atoms with E-state index in [-0.39, 0.29) is 40.6 Å². The highest BCUT2D eigenvalue weighted by molar-refractivity contribution is 6.34. The largest absolute Gasteiger partial charge is 0.348 e. The molecule has 0 radical (unpaired) electrons. The molecule has 3 N–H and O–H groups in total. The first-order chi connectivity index (χ1) is 10.5. The Morgan fingerprint density at radius 2 is 2.04 bits per heavy atom. The van der Waals surface area contributed by atoms with Gasteiger partial charge in [-0.1, -0.05) is 30.9 Å². The maximum Gasteiger partial charge on any atom is 0.270 e. The molecule has 1 saturated carbocycles. The minimum atomic E-state index is -0.543. The second-order valence-electron chi connectivity index (χ2n) is 5.64. The molecular formula is C15H21Cl2N3O3. The number of carbonyl (C=O) groups excluding carboxylic acids is 1. The maximum absolute atomic E-state index is 12.3. The van der Waals surface area contributed by atoms with Crippen LogP contribution >= 0.6 is 24.0 Å². The van der Waals surface area contributed by atoms with Gasteiger partial charge in [-0.15, -0.1) is 12.4 Å². The van der Waals surface area contributed by atoms with Crippen LogP contribution in [0.2, 0.25) is 5.02 Å². The molecule has 1 aromatic rings. The summed E-state index contributed by atoms with van der Waals surface area (Å²) in [5.74, 6) is 0.0560. The number of hydrogen-bond acceptors (Lipinski definition) is 4. The summed E-state index contributed by atoms with van der Waals surface area (Å²) in [6.45, 7) is 0.376. The van der Waals surface area contributed by atoms with Gasteiger partial charge in [0.1, 0.15) is 0 Å². The number of non-ortho nitro benzene ring substituents is 1. The fraction of sp³-hybridized carbons (Fsp3) is 0.533. The van der Waals surface area contributed by atoms with Crippen LogP contribution < -0.4 is 11.1 Å². The molecular weight excluding hydrogens is 341 g/mol. The Morgan fingerprint density at radius 1 is 1.39 bits per heavy atom. The minimum Gasteiger partial charge on any atom is -0.348 e. The summed E-state index contributed by atoms with van der Waals surface area (Å²) in [5, 5.41) is 13.7. The minimum absolute atomic E-state index is 0. The number of nitro groups is 1. The lowest BCUT2D eigenvalue weighted by molar-refractivity contribution is -0.384. The molecule has 0 aliphatic heterocycles. The van der Waals surface area contributed by atoms with E-state index in [0.717, 1.165) is 25.7 Å². The standard InChI is InChI=1S/C15H20ClN3O3.ClH/c16-13-8-11(19(21)22)6-7-12(13)15(20)18-14(9-17)10-4-2-1-3-5-10;/h6-8,10,14H,1-5,9,17H2,(H,18,20);1H. The fourth-order valence-corrected chi connectivity index (χ4v) is 3.21. The highest BCUT2D eigenvalue weighted by Gasteiger charge is 2.25. The maximum atomic E-state index is 12.3. The molecule has 1 fully saturated rings. The van der Waals surface area contributed by atoms with Crippen molar-refractivity contribution in [2.75, 3.05) is 6.54 Å². The van der Waals surface area contributed by atoms with Crippen molar-refractivity contribution in [2.45, 2.75) is 38.1 Å². The summed E-state index contributed by atoms with van der Waals surface area (Å²) in [4.78, 5) is 22.5. The number of carbonyl (C=O) groups is 1. The van der Waals surface area contributed by atoms with Gasteiger partial charge in [0.05, 0.1) is 15.5 Å². The third-order valence-electron chi connectivity index (χ3n) is 4.20. The molecule has 23 heavy (non-hydrogen) atoms. The van der Waals surface area contributed by atoms with E-state index in [0.29, 0.717) is 12.5 Å². The van der Waals surface area contributed by atoms with Crippen molar-refractivity contribution in [1.82, 2.24) is 5.32 Å². The third-order valence-corrected chi connectivity index (χ3v) is 4.51. The first-order valence-corrected chi connectivity index (χ1v) is 7.85. The molecule has 1 unspecified atom stereocenters. The Kier molecular flexibility index (Phi) is 7.75. The van der Waals surface area contributed by atoms with Gasteiger partial charge in [-0.05, 0) is 24.8 Å². The van der Waals surface area contributed by atoms with Gasteiger partial charge in [0.2, 0.25) is 0 Å². The van der Waals surface area contributed by atoms with Gasteiger partial charge >= 0.3 is 0 Å². The molecule has 1 aliphatic carbocycles. The van der Waals surface area contributed by atoms with Crippen LogP contribution in [0.1, 0.15) is 42.5 Å². The van der Waals surface area contributed by atoms with Crippen molar-refractivity contribution >= 4 is 35.6 Å². The van der Waals surface area contributed by atoms with Crippen LogP contribution in [-0.2, 0) is 0 Å². The lowest BCUT2D eigenvalue weighted by Crippen LogP contribution is -2.46. The average Bonchev–Trinajstić information content (AvgIpc) is 2.53. The van der Waals surface area contributed by atoms with Crippen LogP contribution in [0.25, 0.3) is 0 Å². The zero-order chi connectivity index (χ0) is 16.1. The van der Waals surface area contributed by atoms with E-state index in [4.69, 9.17) is 17.3 Å². The van der Waals surface area contributed by atoms with E-state index in [1.807, 2.05) is 0 Å². The van der Waals surface area contributed by atoms with Gasteiger partial charge in [0.15, 0.2) is 0 Å². The number of benzene rings is 1. The number of hydrogen-bond donors (Lipinski definition) is 2. The lowest BCUT2D eigenvalue weighted by Gasteiger charge is -2.30. The Balaban J connectivity index is 0.00000264. The van der Waals surface area contributed by atoms with Crippen molar-refractivity contribution in [3.05, 3.63) is 38.9 Å². The first kappa shape index (κ1) is 19.7. The molecule has 1 atom stereocenters. The first-order valence-electron chi connectivity index (χ1n) is 7.47. The number of nitro benzene ring substituents is 1. The summed E-state index contributed by atoms with van der Waals surface area (Å²) in [6.07, 6.45) is 5.69. The van der Waals surface area contributed by atoms with Crippen molar-refractivity contribution < 1.29 is 9.72 Å². The smallest absolute Gasteiger partial charge is 0.270 e. The molecule has 0 spiro atoms. The molecule has 1 aromatic carbocycles. The van der Waals surface area contributed by atoms with Crippen molar-refractivity contribution in [1.29, 1.82) is 0 Å². The highest BCUT2D eigenvalue weighted by atomic mass is 35.5. The molecule has 0 saturated heterocycles. The Morgan fingerprint density at radius 3 is 2.57 bits per heavy atom. The molecule has 8 heteroatoms. The number of nitrogens with one attached hydrogen (secondary N) is 1. The fourth-order valence-electron chi connectivity index (χ4n) is 2.95. The molecule has 1 aliphatic rings. The summed E-state index contributed by atoms with van der Waals surface area (Å²) in [7, 11) is 0. The summed E-state index contributed by atoms with van der Waals surface area (Å²) in [5.41, 5.74) is 5.90. The van der Waals surface area contributed by atoms with Crippen LogP contribution in [0.15, 0.2) is 18.2 Å². The van der Waals surface area contributed by atoms with E-state index in [9.17, 15) is 14.9 Å². The van der Waals surface area contributed by atoms with Crippen LogP contribution in [0.3, 0.4) is 0 Å². The second-order valence-corrected chi connectivity index (χ2v) is 6.04. The highest BCUT2D eigenvalue weighted by Crippen LogP contribution is 2.27. The molecule has 2 rings (SSSR count). The third kappa shape index (κ3) is 5.06. The normalized spacial score (nSPS) is 16.3. The van der Waals surface area contributed by atoms with Gasteiger partial charge < -0.3 is 11.1 Å². The molecule has 128 valence electrons. The quantitative estimate of drug-likeness (QED) is 0.620. The van der Waals surface area contributed by atoms with Crippen molar-refractivity contribution in [3.8, 4) is 0 Å². The van der Waals surface area contributed by atoms with E-state index in [2.05, 4.69) is 5.32 Å². The Bertz CT molecular complexity index is 563. The Hall–Kier alpha value is -1.37. The topological polar surface area (TPSA) is 98.3 Å². The number of nitrogens with zero attached hydrogens (tertiary/aromatic N) is 1. The van der Waals surface area contributed by atoms with Crippen LogP contribution in [0.4, 0.5) is 5.69 Å². The van der Waals surface area contributed by atoms with Crippen LogP contribution in [0, 0.1) is 16.0 Å². The number of halogens is 2. The van der Waals surface area contributed by atoms with E-state index in [1.165, 1.54) is 24.6 Å². The van der Waals surface area contributed by atoms with E-state index in [1.54, 1.807) is 0 Å². The van der Waals surface area contributed by atoms with Gasteiger partial charge in [-0.25, -0.2) is 0 Å². The monoisotopic (exact) mass is 361 g/mol. The predicted molar refractivity (Wildman–Crippen MR) is 92.2 cm³/mol. The molecule has 0 bridgehead atoms. The van der Waals surface area contributed by atoms with Gasteiger partial charge in [-0.2, -0.15) is 0 Å². The number of amides is 1. The average molecular weight is 362 g/mol. The SMILES string of the molecule is Cl.NCC(NC(=O)c1ccc([N+](=O)[O-])cc1Cl)C1CCCCC1. The van der Waals surface area contributed by atoms with Gasteiger partial charge in [0.25, 0.3) is 11.6 Å². The molecule has 1 amide bonds.